The van der Waals surface area contributed by atoms with Crippen LogP contribution in [-0.4, -0.2) is 23.2 Å². The Bertz CT molecular complexity index is 267. The van der Waals surface area contributed by atoms with Crippen molar-refractivity contribution in [1.82, 2.24) is 15.5 Å². The van der Waals surface area contributed by atoms with Crippen LogP contribution in [0.25, 0.3) is 0 Å². The summed E-state index contributed by atoms with van der Waals surface area (Å²) in [4.78, 5) is 4.26. The van der Waals surface area contributed by atoms with E-state index in [9.17, 15) is 0 Å². The third-order valence-corrected chi connectivity index (χ3v) is 2.21. The fraction of sp³-hybridized carbons (Fsp3) is 0.750. The van der Waals surface area contributed by atoms with E-state index in [0.29, 0.717) is 18.9 Å². The van der Waals surface area contributed by atoms with Crippen molar-refractivity contribution in [2.24, 2.45) is 5.73 Å². The average Bonchev–Trinajstić information content (AvgIpc) is 2.70. The van der Waals surface area contributed by atoms with E-state index >= 15 is 0 Å². The molecule has 0 bridgehead atoms. The van der Waals surface area contributed by atoms with Crippen LogP contribution in [0.15, 0.2) is 4.52 Å². The van der Waals surface area contributed by atoms with Crippen LogP contribution in [-0.2, 0) is 6.42 Å². The van der Waals surface area contributed by atoms with E-state index in [1.54, 1.807) is 0 Å². The summed E-state index contributed by atoms with van der Waals surface area (Å²) in [6.45, 7) is 1.60. The van der Waals surface area contributed by atoms with Crippen LogP contribution in [0, 0.1) is 0 Å². The number of nitrogens with one attached hydrogen (secondary N) is 1. The summed E-state index contributed by atoms with van der Waals surface area (Å²) in [6.07, 6.45) is 2.95. The van der Waals surface area contributed by atoms with Crippen molar-refractivity contribution in [3.05, 3.63) is 11.7 Å². The third-order valence-electron chi connectivity index (χ3n) is 2.21. The van der Waals surface area contributed by atoms with Crippen LogP contribution in [0.2, 0.25) is 0 Å². The van der Waals surface area contributed by atoms with Crippen LogP contribution in [0.5, 0.6) is 0 Å². The molecular weight excluding hydrogens is 168 g/mol. The van der Waals surface area contributed by atoms with E-state index in [0.717, 1.165) is 18.8 Å². The van der Waals surface area contributed by atoms with E-state index in [1.807, 2.05) is 0 Å². The Morgan fingerprint density at radius 1 is 1.62 bits per heavy atom. The fourth-order valence-electron chi connectivity index (χ4n) is 1.54. The lowest BCUT2D eigenvalue weighted by Gasteiger charge is -2.01. The van der Waals surface area contributed by atoms with E-state index in [2.05, 4.69) is 15.5 Å². The summed E-state index contributed by atoms with van der Waals surface area (Å²) in [5, 5.41) is 7.22. The molecule has 1 saturated heterocycles. The third kappa shape index (κ3) is 1.87. The molecule has 13 heavy (non-hydrogen) atoms. The first-order valence-corrected chi connectivity index (χ1v) is 4.66. The molecule has 1 aromatic heterocycles. The summed E-state index contributed by atoms with van der Waals surface area (Å²) in [6, 6.07) is 0.287. The molecule has 1 unspecified atom stereocenters. The molecule has 0 amide bonds. The molecule has 1 aromatic rings. The quantitative estimate of drug-likeness (QED) is 0.687. The van der Waals surface area contributed by atoms with E-state index in [1.165, 1.54) is 6.42 Å². The van der Waals surface area contributed by atoms with Crippen LogP contribution >= 0.6 is 0 Å². The van der Waals surface area contributed by atoms with Gasteiger partial charge in [-0.25, -0.2) is 0 Å². The molecule has 0 aliphatic carbocycles. The molecular formula is C8H14N4O. The molecule has 1 atom stereocenters. The van der Waals surface area contributed by atoms with Crippen LogP contribution < -0.4 is 11.1 Å². The zero-order valence-corrected chi connectivity index (χ0v) is 7.49. The van der Waals surface area contributed by atoms with Gasteiger partial charge < -0.3 is 15.6 Å². The van der Waals surface area contributed by atoms with Gasteiger partial charge in [0.1, 0.15) is 0 Å². The van der Waals surface area contributed by atoms with Gasteiger partial charge in [0.25, 0.3) is 0 Å². The first-order valence-electron chi connectivity index (χ1n) is 4.66. The second kappa shape index (κ2) is 3.85. The lowest BCUT2D eigenvalue weighted by Crippen LogP contribution is -2.14. The van der Waals surface area contributed by atoms with E-state index in [-0.39, 0.29) is 6.04 Å². The molecule has 1 aliphatic rings. The highest BCUT2D eigenvalue weighted by atomic mass is 16.5. The summed E-state index contributed by atoms with van der Waals surface area (Å²) >= 11 is 0. The SMILES string of the molecule is NCCc1nc(C2CCCN2)no1. The van der Waals surface area contributed by atoms with E-state index < -0.39 is 0 Å². The van der Waals surface area contributed by atoms with Crippen molar-refractivity contribution in [2.75, 3.05) is 13.1 Å². The minimum Gasteiger partial charge on any atom is -0.339 e. The van der Waals surface area contributed by atoms with Gasteiger partial charge in [-0.1, -0.05) is 5.16 Å². The first-order chi connectivity index (χ1) is 6.40. The van der Waals surface area contributed by atoms with Crippen molar-refractivity contribution < 1.29 is 4.52 Å². The van der Waals surface area contributed by atoms with Gasteiger partial charge in [0, 0.05) is 13.0 Å². The van der Waals surface area contributed by atoms with Crippen LogP contribution in [0.4, 0.5) is 0 Å². The maximum Gasteiger partial charge on any atom is 0.227 e. The second-order valence-corrected chi connectivity index (χ2v) is 3.23. The molecule has 2 heterocycles. The summed E-state index contributed by atoms with van der Waals surface area (Å²) in [7, 11) is 0. The smallest absolute Gasteiger partial charge is 0.227 e. The number of hydrogen-bond donors (Lipinski definition) is 2. The van der Waals surface area contributed by atoms with Crippen molar-refractivity contribution in [1.29, 1.82) is 0 Å². The number of hydrogen-bond acceptors (Lipinski definition) is 5. The Morgan fingerprint density at radius 3 is 3.23 bits per heavy atom. The van der Waals surface area contributed by atoms with Crippen molar-refractivity contribution in [3.63, 3.8) is 0 Å². The largest absolute Gasteiger partial charge is 0.339 e. The van der Waals surface area contributed by atoms with Crippen LogP contribution in [0.1, 0.15) is 30.6 Å². The monoisotopic (exact) mass is 182 g/mol. The van der Waals surface area contributed by atoms with Crippen LogP contribution in [0.3, 0.4) is 0 Å². The molecule has 2 rings (SSSR count). The molecule has 5 heteroatoms. The van der Waals surface area contributed by atoms with Crippen molar-refractivity contribution in [3.8, 4) is 0 Å². The molecule has 0 saturated carbocycles. The lowest BCUT2D eigenvalue weighted by molar-refractivity contribution is 0.369. The fourth-order valence-corrected chi connectivity index (χ4v) is 1.54. The standard InChI is InChI=1S/C8H14N4O/c9-4-3-7-11-8(12-13-7)6-2-1-5-10-6/h6,10H,1-5,9H2. The first kappa shape index (κ1) is 8.65. The Hall–Kier alpha value is -0.940. The number of rotatable bonds is 3. The maximum atomic E-state index is 5.38. The molecule has 5 nitrogen and oxygen atoms in total. The zero-order valence-electron chi connectivity index (χ0n) is 7.49. The second-order valence-electron chi connectivity index (χ2n) is 3.23. The minimum atomic E-state index is 0.287. The summed E-state index contributed by atoms with van der Waals surface area (Å²) in [5.41, 5.74) is 5.38. The molecule has 0 radical (unpaired) electrons. The van der Waals surface area contributed by atoms with Gasteiger partial charge in [0.15, 0.2) is 5.82 Å². The topological polar surface area (TPSA) is 77.0 Å². The zero-order chi connectivity index (χ0) is 9.10. The summed E-state index contributed by atoms with van der Waals surface area (Å²) in [5.74, 6) is 1.42. The molecule has 1 aliphatic heterocycles. The Balaban J connectivity index is 2.03. The Morgan fingerprint density at radius 2 is 2.54 bits per heavy atom. The van der Waals surface area contributed by atoms with Gasteiger partial charge in [-0.3, -0.25) is 0 Å². The highest BCUT2D eigenvalue weighted by Crippen LogP contribution is 2.19. The molecule has 72 valence electrons. The van der Waals surface area contributed by atoms with Gasteiger partial charge >= 0.3 is 0 Å². The van der Waals surface area contributed by atoms with Gasteiger partial charge in [-0.05, 0) is 19.4 Å². The Kier molecular flexibility index (Phi) is 2.56. The summed E-state index contributed by atoms with van der Waals surface area (Å²) < 4.78 is 5.04. The van der Waals surface area contributed by atoms with Gasteiger partial charge in [-0.15, -0.1) is 0 Å². The number of nitrogens with zero attached hydrogens (tertiary/aromatic N) is 2. The predicted molar refractivity (Wildman–Crippen MR) is 47.0 cm³/mol. The normalized spacial score (nSPS) is 22.4. The van der Waals surface area contributed by atoms with Gasteiger partial charge in [0.05, 0.1) is 6.04 Å². The molecule has 0 aromatic carbocycles. The van der Waals surface area contributed by atoms with Crippen molar-refractivity contribution in [2.45, 2.75) is 25.3 Å². The Labute approximate surface area is 76.7 Å². The molecule has 1 fully saturated rings. The minimum absolute atomic E-state index is 0.287. The van der Waals surface area contributed by atoms with Crippen molar-refractivity contribution >= 4 is 0 Å². The molecule has 0 spiro atoms. The average molecular weight is 182 g/mol. The lowest BCUT2D eigenvalue weighted by atomic mass is 10.2. The highest BCUT2D eigenvalue weighted by molar-refractivity contribution is 4.96. The highest BCUT2D eigenvalue weighted by Gasteiger charge is 2.21. The maximum absolute atomic E-state index is 5.38. The van der Waals surface area contributed by atoms with E-state index in [4.69, 9.17) is 10.3 Å². The number of aromatic nitrogens is 2. The number of nitrogens with two attached hydrogens (primary N) is 1. The van der Waals surface area contributed by atoms with Gasteiger partial charge in [0.2, 0.25) is 5.89 Å². The molecule has 3 N–H and O–H groups in total. The predicted octanol–water partition coefficient (Wildman–Crippen LogP) is -0.00470. The van der Waals surface area contributed by atoms with Gasteiger partial charge in [-0.2, -0.15) is 4.98 Å².